The van der Waals surface area contributed by atoms with Gasteiger partial charge in [0.1, 0.15) is 0 Å². The molecular weight excluding hydrogens is 228 g/mol. The zero-order valence-corrected chi connectivity index (χ0v) is 11.5. The molecule has 2 amide bonds. The Bertz CT molecular complexity index is 416. The third kappa shape index (κ3) is 4.04. The first kappa shape index (κ1) is 14.5. The van der Waals surface area contributed by atoms with Crippen LogP contribution in [0.1, 0.15) is 24.5 Å². The molecule has 4 heteroatoms. The topological polar surface area (TPSA) is 52.6 Å². The molecule has 4 nitrogen and oxygen atoms in total. The Labute approximate surface area is 109 Å². The lowest BCUT2D eigenvalue weighted by Crippen LogP contribution is -2.33. The lowest BCUT2D eigenvalue weighted by molar-refractivity contribution is 0.167. The fourth-order valence-corrected chi connectivity index (χ4v) is 1.58. The molecule has 0 spiro atoms. The SMILES string of the molecule is Cc1cccc(NC(=O)N(C)CCC(C)O)c1C. The highest BCUT2D eigenvalue weighted by atomic mass is 16.3. The first-order valence-corrected chi connectivity index (χ1v) is 6.18. The van der Waals surface area contributed by atoms with Crippen LogP contribution < -0.4 is 5.32 Å². The molecule has 0 aromatic heterocycles. The van der Waals surface area contributed by atoms with Crippen molar-refractivity contribution in [2.75, 3.05) is 18.9 Å². The van der Waals surface area contributed by atoms with E-state index in [4.69, 9.17) is 0 Å². The summed E-state index contributed by atoms with van der Waals surface area (Å²) >= 11 is 0. The van der Waals surface area contributed by atoms with E-state index in [9.17, 15) is 9.90 Å². The number of benzene rings is 1. The molecule has 100 valence electrons. The van der Waals surface area contributed by atoms with Crippen LogP contribution in [-0.4, -0.2) is 35.7 Å². The Kier molecular flexibility index (Phi) is 5.16. The number of nitrogens with one attached hydrogen (secondary N) is 1. The molecule has 0 radical (unpaired) electrons. The molecule has 2 N–H and O–H groups in total. The molecule has 18 heavy (non-hydrogen) atoms. The Morgan fingerprint density at radius 2 is 2.11 bits per heavy atom. The summed E-state index contributed by atoms with van der Waals surface area (Å²) in [4.78, 5) is 13.5. The number of rotatable bonds is 4. The van der Waals surface area contributed by atoms with Gasteiger partial charge in [-0.1, -0.05) is 12.1 Å². The van der Waals surface area contributed by atoms with Crippen molar-refractivity contribution in [1.29, 1.82) is 0 Å². The van der Waals surface area contributed by atoms with Crippen LogP contribution in [-0.2, 0) is 0 Å². The zero-order chi connectivity index (χ0) is 13.7. The highest BCUT2D eigenvalue weighted by molar-refractivity contribution is 5.90. The molecular formula is C14H22N2O2. The number of carbonyl (C=O) groups is 1. The second kappa shape index (κ2) is 6.40. The number of aryl methyl sites for hydroxylation is 1. The number of anilines is 1. The Hall–Kier alpha value is -1.55. The van der Waals surface area contributed by atoms with Crippen LogP contribution >= 0.6 is 0 Å². The molecule has 0 aliphatic rings. The number of hydrogen-bond acceptors (Lipinski definition) is 2. The maximum Gasteiger partial charge on any atom is 0.321 e. The van der Waals surface area contributed by atoms with Crippen molar-refractivity contribution in [1.82, 2.24) is 4.90 Å². The van der Waals surface area contributed by atoms with Gasteiger partial charge in [-0.3, -0.25) is 0 Å². The number of carbonyl (C=O) groups excluding carboxylic acids is 1. The number of aliphatic hydroxyl groups excluding tert-OH is 1. The summed E-state index contributed by atoms with van der Waals surface area (Å²) in [5.74, 6) is 0. The van der Waals surface area contributed by atoms with Crippen molar-refractivity contribution in [3.05, 3.63) is 29.3 Å². The van der Waals surface area contributed by atoms with Crippen molar-refractivity contribution in [2.24, 2.45) is 0 Å². The molecule has 0 heterocycles. The second-order valence-corrected chi connectivity index (χ2v) is 4.74. The van der Waals surface area contributed by atoms with E-state index < -0.39 is 0 Å². The average Bonchev–Trinajstić information content (AvgIpc) is 2.31. The van der Waals surface area contributed by atoms with E-state index in [1.165, 1.54) is 0 Å². The lowest BCUT2D eigenvalue weighted by atomic mass is 10.1. The maximum atomic E-state index is 11.9. The molecule has 1 atom stereocenters. The van der Waals surface area contributed by atoms with E-state index in [0.717, 1.165) is 16.8 Å². The van der Waals surface area contributed by atoms with Crippen LogP contribution in [0, 0.1) is 13.8 Å². The van der Waals surface area contributed by atoms with Crippen molar-refractivity contribution < 1.29 is 9.90 Å². The third-order valence-electron chi connectivity index (χ3n) is 3.08. The minimum Gasteiger partial charge on any atom is -0.393 e. The zero-order valence-electron chi connectivity index (χ0n) is 11.5. The van der Waals surface area contributed by atoms with E-state index in [2.05, 4.69) is 5.32 Å². The van der Waals surface area contributed by atoms with E-state index in [1.54, 1.807) is 18.9 Å². The predicted molar refractivity (Wildman–Crippen MR) is 73.9 cm³/mol. The summed E-state index contributed by atoms with van der Waals surface area (Å²) in [6.45, 7) is 6.26. The monoisotopic (exact) mass is 250 g/mol. The third-order valence-corrected chi connectivity index (χ3v) is 3.08. The molecule has 1 rings (SSSR count). The van der Waals surface area contributed by atoms with Gasteiger partial charge in [0, 0.05) is 19.3 Å². The van der Waals surface area contributed by atoms with Gasteiger partial charge in [-0.25, -0.2) is 4.79 Å². The summed E-state index contributed by atoms with van der Waals surface area (Å²) in [5.41, 5.74) is 3.07. The molecule has 1 aromatic carbocycles. The molecule has 0 bridgehead atoms. The minimum atomic E-state index is -0.388. The van der Waals surface area contributed by atoms with Crippen LogP contribution in [0.15, 0.2) is 18.2 Å². The standard InChI is InChI=1S/C14H22N2O2/c1-10-6-5-7-13(12(10)3)15-14(18)16(4)9-8-11(2)17/h5-7,11,17H,8-9H2,1-4H3,(H,15,18). The van der Waals surface area contributed by atoms with E-state index in [0.29, 0.717) is 13.0 Å². The van der Waals surface area contributed by atoms with Gasteiger partial charge >= 0.3 is 6.03 Å². The predicted octanol–water partition coefficient (Wildman–Crippen LogP) is 2.54. The number of amides is 2. The highest BCUT2D eigenvalue weighted by Crippen LogP contribution is 2.18. The number of hydrogen-bond donors (Lipinski definition) is 2. The molecule has 0 aliphatic carbocycles. The van der Waals surface area contributed by atoms with Crippen LogP contribution in [0.2, 0.25) is 0 Å². The molecule has 0 saturated heterocycles. The van der Waals surface area contributed by atoms with Crippen LogP contribution in [0.25, 0.3) is 0 Å². The molecule has 1 aromatic rings. The van der Waals surface area contributed by atoms with Gasteiger partial charge in [-0.15, -0.1) is 0 Å². The fourth-order valence-electron chi connectivity index (χ4n) is 1.58. The van der Waals surface area contributed by atoms with Gasteiger partial charge in [0.15, 0.2) is 0 Å². The molecule has 0 saturated carbocycles. The molecule has 0 aliphatic heterocycles. The second-order valence-electron chi connectivity index (χ2n) is 4.74. The lowest BCUT2D eigenvalue weighted by Gasteiger charge is -2.19. The van der Waals surface area contributed by atoms with Gasteiger partial charge in [-0.05, 0) is 44.4 Å². The first-order valence-electron chi connectivity index (χ1n) is 6.18. The Morgan fingerprint density at radius 1 is 1.44 bits per heavy atom. The Balaban J connectivity index is 2.61. The van der Waals surface area contributed by atoms with Crippen LogP contribution in [0.3, 0.4) is 0 Å². The Morgan fingerprint density at radius 3 is 2.72 bits per heavy atom. The van der Waals surface area contributed by atoms with Crippen molar-refractivity contribution in [3.8, 4) is 0 Å². The van der Waals surface area contributed by atoms with E-state index in [1.807, 2.05) is 32.0 Å². The smallest absolute Gasteiger partial charge is 0.321 e. The summed E-state index contributed by atoms with van der Waals surface area (Å²) in [6, 6.07) is 5.68. The van der Waals surface area contributed by atoms with E-state index >= 15 is 0 Å². The summed E-state index contributed by atoms with van der Waals surface area (Å²) in [5, 5.41) is 12.1. The average molecular weight is 250 g/mol. The normalized spacial score (nSPS) is 12.1. The first-order chi connectivity index (χ1) is 8.41. The van der Waals surface area contributed by atoms with Gasteiger partial charge in [0.25, 0.3) is 0 Å². The van der Waals surface area contributed by atoms with Gasteiger partial charge in [0.05, 0.1) is 6.10 Å². The minimum absolute atomic E-state index is 0.149. The fraction of sp³-hybridized carbons (Fsp3) is 0.500. The largest absolute Gasteiger partial charge is 0.393 e. The summed E-state index contributed by atoms with van der Waals surface area (Å²) in [7, 11) is 1.73. The van der Waals surface area contributed by atoms with Crippen molar-refractivity contribution in [2.45, 2.75) is 33.3 Å². The van der Waals surface area contributed by atoms with Gasteiger partial charge < -0.3 is 15.3 Å². The van der Waals surface area contributed by atoms with Crippen molar-refractivity contribution >= 4 is 11.7 Å². The quantitative estimate of drug-likeness (QED) is 0.862. The molecule has 0 fully saturated rings. The number of nitrogens with zero attached hydrogens (tertiary/aromatic N) is 1. The number of urea groups is 1. The van der Waals surface area contributed by atoms with Crippen LogP contribution in [0.4, 0.5) is 10.5 Å². The van der Waals surface area contributed by atoms with Crippen molar-refractivity contribution in [3.63, 3.8) is 0 Å². The summed E-state index contributed by atoms with van der Waals surface area (Å²) < 4.78 is 0. The van der Waals surface area contributed by atoms with Crippen LogP contribution in [0.5, 0.6) is 0 Å². The van der Waals surface area contributed by atoms with Gasteiger partial charge in [0.2, 0.25) is 0 Å². The maximum absolute atomic E-state index is 11.9. The highest BCUT2D eigenvalue weighted by Gasteiger charge is 2.11. The van der Waals surface area contributed by atoms with E-state index in [-0.39, 0.29) is 12.1 Å². The van der Waals surface area contributed by atoms with Gasteiger partial charge in [-0.2, -0.15) is 0 Å². The summed E-state index contributed by atoms with van der Waals surface area (Å²) in [6.07, 6.45) is 0.192. The number of aliphatic hydroxyl groups is 1. The molecule has 1 unspecified atom stereocenters.